The summed E-state index contributed by atoms with van der Waals surface area (Å²) in [6, 6.07) is 12.8. The van der Waals surface area contributed by atoms with Gasteiger partial charge in [0.25, 0.3) is 17.5 Å². The lowest BCUT2D eigenvalue weighted by Crippen LogP contribution is -2.65. The van der Waals surface area contributed by atoms with Crippen LogP contribution in [0.15, 0.2) is 54.2 Å². The molecule has 1 unspecified atom stereocenters. The number of rotatable bonds is 5. The largest absolute Gasteiger partial charge is 0.325 e. The van der Waals surface area contributed by atoms with Crippen molar-refractivity contribution >= 4 is 23.6 Å². The summed E-state index contributed by atoms with van der Waals surface area (Å²) in [6.45, 7) is 1.83. The van der Waals surface area contributed by atoms with Gasteiger partial charge >= 0.3 is 0 Å². The fourth-order valence-corrected chi connectivity index (χ4v) is 3.84. The summed E-state index contributed by atoms with van der Waals surface area (Å²) in [5.74, 6) is -1.68. The Balaban J connectivity index is 2.08. The van der Waals surface area contributed by atoms with E-state index in [-0.39, 0.29) is 17.2 Å². The number of nitro benzene ring substituents is 1. The molecule has 1 heterocycles. The zero-order valence-corrected chi connectivity index (χ0v) is 17.0. The minimum absolute atomic E-state index is 0.118. The van der Waals surface area contributed by atoms with Crippen molar-refractivity contribution in [1.29, 1.82) is 0 Å². The van der Waals surface area contributed by atoms with Gasteiger partial charge in [0.1, 0.15) is 17.1 Å². The van der Waals surface area contributed by atoms with Crippen molar-refractivity contribution in [3.8, 4) is 0 Å². The minimum atomic E-state index is -1.11. The molecule has 2 aromatic carbocycles. The van der Waals surface area contributed by atoms with Crippen LogP contribution in [0, 0.1) is 15.9 Å². The van der Waals surface area contributed by atoms with E-state index in [0.717, 1.165) is 23.8 Å². The SMILES string of the molecule is CCC1(Cc2ccccc2)C(=O)N(C)/C(=C/c2c(F)cccc2[N+](=O)[O-])C(=O)N1C. The summed E-state index contributed by atoms with van der Waals surface area (Å²) in [5.41, 5.74) is -1.14. The third-order valence-corrected chi connectivity index (χ3v) is 5.66. The standard InChI is InChI=1S/C22H22FN3O4/c1-4-22(14-15-9-6-5-7-10-15)21(28)24(2)19(20(27)25(22)3)13-16-17(23)11-8-12-18(16)26(29)30/h5-13H,4,14H2,1-3H3/b19-13+. The summed E-state index contributed by atoms with van der Waals surface area (Å²) in [4.78, 5) is 39.7. The first-order valence-electron chi connectivity index (χ1n) is 9.47. The second-order valence-corrected chi connectivity index (χ2v) is 7.24. The Morgan fingerprint density at radius 3 is 2.37 bits per heavy atom. The number of carbonyl (C=O) groups excluding carboxylic acids is 2. The highest BCUT2D eigenvalue weighted by molar-refractivity contribution is 6.09. The fourth-order valence-electron chi connectivity index (χ4n) is 3.84. The second kappa shape index (κ2) is 8.06. The van der Waals surface area contributed by atoms with Gasteiger partial charge in [-0.25, -0.2) is 4.39 Å². The maximum Gasteiger partial charge on any atom is 0.279 e. The van der Waals surface area contributed by atoms with Gasteiger partial charge in [-0.3, -0.25) is 19.7 Å². The van der Waals surface area contributed by atoms with Crippen LogP contribution in [0.1, 0.15) is 24.5 Å². The van der Waals surface area contributed by atoms with Crippen molar-refractivity contribution in [3.63, 3.8) is 0 Å². The molecule has 156 valence electrons. The van der Waals surface area contributed by atoms with Gasteiger partial charge in [-0.2, -0.15) is 0 Å². The molecule has 0 aromatic heterocycles. The summed E-state index contributed by atoms with van der Waals surface area (Å²) >= 11 is 0. The average molecular weight is 411 g/mol. The number of benzene rings is 2. The lowest BCUT2D eigenvalue weighted by Gasteiger charge is -2.47. The van der Waals surface area contributed by atoms with Gasteiger partial charge in [0.15, 0.2) is 0 Å². The Morgan fingerprint density at radius 1 is 1.10 bits per heavy atom. The Kier molecular flexibility index (Phi) is 5.69. The number of hydrogen-bond donors (Lipinski definition) is 0. The number of halogens is 1. The maximum atomic E-state index is 14.3. The van der Waals surface area contributed by atoms with Crippen LogP contribution < -0.4 is 0 Å². The summed E-state index contributed by atoms with van der Waals surface area (Å²) < 4.78 is 14.3. The van der Waals surface area contributed by atoms with Crippen LogP contribution >= 0.6 is 0 Å². The minimum Gasteiger partial charge on any atom is -0.325 e. The van der Waals surface area contributed by atoms with E-state index in [4.69, 9.17) is 0 Å². The molecule has 8 heteroatoms. The number of nitro groups is 1. The van der Waals surface area contributed by atoms with Gasteiger partial charge in [-0.1, -0.05) is 43.3 Å². The molecule has 7 nitrogen and oxygen atoms in total. The summed E-state index contributed by atoms with van der Waals surface area (Å²) in [5, 5.41) is 11.3. The lowest BCUT2D eigenvalue weighted by molar-refractivity contribution is -0.385. The first-order valence-corrected chi connectivity index (χ1v) is 9.47. The van der Waals surface area contributed by atoms with Crippen LogP contribution in [0.3, 0.4) is 0 Å². The Morgan fingerprint density at radius 2 is 1.77 bits per heavy atom. The van der Waals surface area contributed by atoms with Crippen molar-refractivity contribution in [2.24, 2.45) is 0 Å². The van der Waals surface area contributed by atoms with Gasteiger partial charge in [0.05, 0.1) is 10.5 Å². The van der Waals surface area contributed by atoms with E-state index >= 15 is 0 Å². The maximum absolute atomic E-state index is 14.3. The van der Waals surface area contributed by atoms with Gasteiger partial charge in [0, 0.05) is 26.6 Å². The van der Waals surface area contributed by atoms with Gasteiger partial charge in [-0.15, -0.1) is 0 Å². The number of piperazine rings is 1. The number of nitrogens with zero attached hydrogens (tertiary/aromatic N) is 3. The monoisotopic (exact) mass is 411 g/mol. The average Bonchev–Trinajstić information content (AvgIpc) is 2.74. The number of amides is 2. The first-order chi connectivity index (χ1) is 14.2. The molecular weight excluding hydrogens is 389 g/mol. The van der Waals surface area contributed by atoms with Crippen molar-refractivity contribution in [1.82, 2.24) is 9.80 Å². The smallest absolute Gasteiger partial charge is 0.279 e. The van der Waals surface area contributed by atoms with E-state index in [1.165, 1.54) is 30.0 Å². The van der Waals surface area contributed by atoms with Crippen molar-refractivity contribution in [3.05, 3.63) is 81.3 Å². The Labute approximate surface area is 173 Å². The molecule has 2 aromatic rings. The molecule has 3 rings (SSSR count). The predicted octanol–water partition coefficient (Wildman–Crippen LogP) is 3.40. The van der Waals surface area contributed by atoms with Crippen LogP contribution in [-0.2, 0) is 16.0 Å². The van der Waals surface area contributed by atoms with E-state index in [1.807, 2.05) is 37.3 Å². The highest BCUT2D eigenvalue weighted by atomic mass is 19.1. The molecule has 0 bridgehead atoms. The molecule has 1 atom stereocenters. The Hall–Kier alpha value is -3.55. The summed E-state index contributed by atoms with van der Waals surface area (Å²) in [6.07, 6.45) is 1.77. The van der Waals surface area contributed by atoms with Crippen molar-refractivity contribution < 1.29 is 18.9 Å². The lowest BCUT2D eigenvalue weighted by atomic mass is 9.83. The number of carbonyl (C=O) groups is 2. The highest BCUT2D eigenvalue weighted by Gasteiger charge is 2.50. The number of likely N-dealkylation sites (N-methyl/N-ethyl adjacent to an activating group) is 2. The molecule has 0 N–H and O–H groups in total. The highest BCUT2D eigenvalue weighted by Crippen LogP contribution is 2.35. The molecule has 30 heavy (non-hydrogen) atoms. The van der Waals surface area contributed by atoms with Gasteiger partial charge in [-0.05, 0) is 24.1 Å². The van der Waals surface area contributed by atoms with Crippen LogP contribution in [0.2, 0.25) is 0 Å². The predicted molar refractivity (Wildman–Crippen MR) is 110 cm³/mol. The van der Waals surface area contributed by atoms with Crippen LogP contribution in [0.25, 0.3) is 6.08 Å². The molecule has 1 saturated heterocycles. The molecule has 0 spiro atoms. The zero-order valence-electron chi connectivity index (χ0n) is 17.0. The van der Waals surface area contributed by atoms with E-state index in [1.54, 1.807) is 0 Å². The zero-order chi connectivity index (χ0) is 22.1. The van der Waals surface area contributed by atoms with E-state index in [2.05, 4.69) is 0 Å². The van der Waals surface area contributed by atoms with Gasteiger partial charge < -0.3 is 9.80 Å². The molecule has 0 aliphatic carbocycles. The topological polar surface area (TPSA) is 83.8 Å². The first kappa shape index (κ1) is 21.2. The molecule has 2 amide bonds. The third-order valence-electron chi connectivity index (χ3n) is 5.66. The molecule has 0 radical (unpaired) electrons. The number of hydrogen-bond acceptors (Lipinski definition) is 4. The van der Waals surface area contributed by atoms with E-state index < -0.39 is 27.9 Å². The molecule has 1 fully saturated rings. The second-order valence-electron chi connectivity index (χ2n) is 7.24. The molecular formula is C22H22FN3O4. The van der Waals surface area contributed by atoms with Gasteiger partial charge in [0.2, 0.25) is 0 Å². The van der Waals surface area contributed by atoms with E-state index in [0.29, 0.717) is 12.8 Å². The normalized spacial score (nSPS) is 20.7. The van der Waals surface area contributed by atoms with Crippen LogP contribution in [0.5, 0.6) is 0 Å². The molecule has 1 aliphatic rings. The van der Waals surface area contributed by atoms with Crippen molar-refractivity contribution in [2.75, 3.05) is 14.1 Å². The van der Waals surface area contributed by atoms with Crippen molar-refractivity contribution in [2.45, 2.75) is 25.3 Å². The Bertz CT molecular complexity index is 1040. The van der Waals surface area contributed by atoms with E-state index in [9.17, 15) is 24.1 Å². The summed E-state index contributed by atoms with van der Waals surface area (Å²) in [7, 11) is 2.96. The quantitative estimate of drug-likeness (QED) is 0.429. The van der Waals surface area contributed by atoms with Crippen LogP contribution in [0.4, 0.5) is 10.1 Å². The third kappa shape index (κ3) is 3.45. The molecule has 0 saturated carbocycles. The fraction of sp³-hybridized carbons (Fsp3) is 0.273. The van der Waals surface area contributed by atoms with Crippen LogP contribution in [-0.4, -0.2) is 46.2 Å². The molecule has 1 aliphatic heterocycles.